The maximum atomic E-state index is 12.0. The molecule has 132 valence electrons. The Morgan fingerprint density at radius 3 is 2.68 bits per heavy atom. The molecule has 0 aliphatic heterocycles. The van der Waals surface area contributed by atoms with Crippen LogP contribution in [0, 0.1) is 11.3 Å². The molecule has 0 heterocycles. The number of carbonyl (C=O) groups excluding carboxylic acids is 1. The molecule has 1 fully saturated rings. The summed E-state index contributed by atoms with van der Waals surface area (Å²) >= 11 is 6.01. The zero-order valence-corrected chi connectivity index (χ0v) is 14.5. The van der Waals surface area contributed by atoms with E-state index in [1.165, 1.54) is 7.05 Å². The summed E-state index contributed by atoms with van der Waals surface area (Å²) in [7, 11) is 1.44. The van der Waals surface area contributed by atoms with Crippen LogP contribution in [0.4, 0.5) is 0 Å². The van der Waals surface area contributed by atoms with E-state index in [0.717, 1.165) is 25.7 Å². The van der Waals surface area contributed by atoms with Crippen LogP contribution in [-0.2, 0) is 4.79 Å². The van der Waals surface area contributed by atoms with Gasteiger partial charge in [0.25, 0.3) is 11.7 Å². The summed E-state index contributed by atoms with van der Waals surface area (Å²) in [6, 6.07) is 7.05. The maximum absolute atomic E-state index is 12.0. The summed E-state index contributed by atoms with van der Waals surface area (Å²) in [6.07, 6.45) is 3.14. The van der Waals surface area contributed by atoms with Gasteiger partial charge in [-0.3, -0.25) is 4.79 Å². The molecule has 3 N–H and O–H groups in total. The van der Waals surface area contributed by atoms with E-state index in [4.69, 9.17) is 27.4 Å². The Labute approximate surface area is 150 Å². The number of nitrogens with one attached hydrogen (secondary N) is 1. The van der Waals surface area contributed by atoms with Gasteiger partial charge in [0, 0.05) is 19.2 Å². The van der Waals surface area contributed by atoms with Gasteiger partial charge in [0.15, 0.2) is 0 Å². The van der Waals surface area contributed by atoms with Crippen molar-refractivity contribution >= 4 is 23.3 Å². The van der Waals surface area contributed by atoms with Gasteiger partial charge in [0.2, 0.25) is 0 Å². The summed E-state index contributed by atoms with van der Waals surface area (Å²) in [5.41, 5.74) is 0.419. The first-order chi connectivity index (χ1) is 12.1. The van der Waals surface area contributed by atoms with Crippen molar-refractivity contribution in [2.75, 3.05) is 7.05 Å². The van der Waals surface area contributed by atoms with Crippen LogP contribution in [0.15, 0.2) is 33.5 Å². The van der Waals surface area contributed by atoms with Crippen LogP contribution in [0.3, 0.4) is 0 Å². The predicted molar refractivity (Wildman–Crippen MR) is 93.4 cm³/mol. The molecule has 0 unspecified atom stereocenters. The lowest BCUT2D eigenvalue weighted by Gasteiger charge is -2.29. The van der Waals surface area contributed by atoms with E-state index < -0.39 is 5.91 Å². The van der Waals surface area contributed by atoms with Crippen LogP contribution in [-0.4, -0.2) is 30.9 Å². The first-order valence-corrected chi connectivity index (χ1v) is 8.20. The zero-order chi connectivity index (χ0) is 18.2. The molecule has 2 rings (SSSR count). The highest BCUT2D eigenvalue weighted by molar-refractivity contribution is 6.38. The molecule has 0 bridgehead atoms. The average molecular weight is 363 g/mol. The zero-order valence-electron chi connectivity index (χ0n) is 13.8. The summed E-state index contributed by atoms with van der Waals surface area (Å²) in [6.45, 7) is 0. The van der Waals surface area contributed by atoms with Crippen molar-refractivity contribution in [1.82, 2.24) is 5.32 Å². The molecule has 0 saturated heterocycles. The summed E-state index contributed by atoms with van der Waals surface area (Å²) in [5, 5.41) is 22.5. The summed E-state index contributed by atoms with van der Waals surface area (Å²) in [4.78, 5) is 12.0. The highest BCUT2D eigenvalue weighted by Gasteiger charge is 2.25. The monoisotopic (exact) mass is 362 g/mol. The number of benzene rings is 1. The smallest absolute Gasteiger partial charge is 0.292 e. The van der Waals surface area contributed by atoms with Crippen molar-refractivity contribution in [2.24, 2.45) is 21.2 Å². The molecule has 0 atom stereocenters. The van der Waals surface area contributed by atoms with Crippen LogP contribution in [0.1, 0.15) is 31.2 Å². The van der Waals surface area contributed by atoms with Gasteiger partial charge in [-0.15, -0.1) is 5.11 Å². The number of nitriles is 1. The molecule has 25 heavy (non-hydrogen) atoms. The Hall–Kier alpha value is -2.66. The molecule has 1 aromatic carbocycles. The largest absolute Gasteiger partial charge is 0.490 e. The Morgan fingerprint density at radius 1 is 1.40 bits per heavy atom. The van der Waals surface area contributed by atoms with Crippen LogP contribution < -0.4 is 15.9 Å². The second kappa shape index (κ2) is 8.99. The number of hydrazone groups is 1. The lowest BCUT2D eigenvalue weighted by molar-refractivity contribution is -0.115. The highest BCUT2D eigenvalue weighted by Crippen LogP contribution is 2.27. The predicted octanol–water partition coefficient (Wildman–Crippen LogP) is 2.37. The Balaban J connectivity index is 1.84. The molecular weight excluding hydrogens is 344 g/mol. The Kier molecular flexibility index (Phi) is 6.71. The van der Waals surface area contributed by atoms with Gasteiger partial charge >= 0.3 is 0 Å². The lowest BCUT2D eigenvalue weighted by atomic mass is 9.93. The van der Waals surface area contributed by atoms with Crippen molar-refractivity contribution in [2.45, 2.75) is 37.8 Å². The minimum Gasteiger partial charge on any atom is -0.490 e. The van der Waals surface area contributed by atoms with E-state index in [9.17, 15) is 4.79 Å². The third-order valence-electron chi connectivity index (χ3n) is 3.89. The topological polar surface area (TPSA) is 125 Å². The van der Waals surface area contributed by atoms with Gasteiger partial charge in [-0.2, -0.15) is 15.5 Å². The maximum Gasteiger partial charge on any atom is 0.292 e. The third kappa shape index (κ3) is 5.16. The van der Waals surface area contributed by atoms with Crippen LogP contribution in [0.5, 0.6) is 5.75 Å². The molecule has 1 aliphatic carbocycles. The van der Waals surface area contributed by atoms with Gasteiger partial charge < -0.3 is 15.9 Å². The number of hydrogen-bond donors (Lipinski definition) is 2. The number of azo groups is 1. The van der Waals surface area contributed by atoms with E-state index in [0.29, 0.717) is 16.3 Å². The quantitative estimate of drug-likeness (QED) is 0.281. The summed E-state index contributed by atoms with van der Waals surface area (Å²) < 4.78 is 5.91. The number of ether oxygens (including phenoxy) is 1. The number of hydrogen-bond acceptors (Lipinski definition) is 6. The second-order valence-corrected chi connectivity index (χ2v) is 5.98. The lowest BCUT2D eigenvalue weighted by Crippen LogP contribution is -2.42. The molecule has 8 nitrogen and oxygen atoms in total. The second-order valence-electron chi connectivity index (χ2n) is 5.57. The fourth-order valence-electron chi connectivity index (χ4n) is 2.65. The first-order valence-electron chi connectivity index (χ1n) is 7.82. The van der Waals surface area contributed by atoms with Crippen LogP contribution >= 0.6 is 11.6 Å². The molecule has 1 aliphatic rings. The number of nitrogens with two attached hydrogens (primary N) is 1. The summed E-state index contributed by atoms with van der Waals surface area (Å²) in [5.74, 6) is 5.19. The SMILES string of the molecule is CN=NC(=NN)C(=O)NC1CCC(Oc2ccc(C#N)c(Cl)c2)CC1. The van der Waals surface area contributed by atoms with E-state index in [1.807, 2.05) is 6.07 Å². The van der Waals surface area contributed by atoms with Gasteiger partial charge in [-0.1, -0.05) is 11.6 Å². The number of carbonyl (C=O) groups is 1. The minimum absolute atomic E-state index is 0.0145. The fraction of sp³-hybridized carbons (Fsp3) is 0.438. The van der Waals surface area contributed by atoms with Crippen molar-refractivity contribution in [3.05, 3.63) is 28.8 Å². The van der Waals surface area contributed by atoms with E-state index >= 15 is 0 Å². The Morgan fingerprint density at radius 2 is 2.12 bits per heavy atom. The van der Waals surface area contributed by atoms with Crippen molar-refractivity contribution < 1.29 is 9.53 Å². The van der Waals surface area contributed by atoms with Crippen molar-refractivity contribution in [3.8, 4) is 11.8 Å². The molecular formula is C16H19ClN6O2. The molecule has 0 aromatic heterocycles. The standard InChI is InChI=1S/C16H19ClN6O2/c1-20-23-15(22-19)16(24)21-11-3-6-12(7-4-11)25-13-5-2-10(9-18)14(17)8-13/h2,5,8,11-12H,3-4,6-7,19H2,1H3,(H,21,24). The number of amidine groups is 1. The normalized spacial score (nSPS) is 20.9. The Bertz CT molecular complexity index is 720. The van der Waals surface area contributed by atoms with Gasteiger partial charge in [-0.05, 0) is 37.8 Å². The van der Waals surface area contributed by atoms with E-state index in [2.05, 4.69) is 20.6 Å². The minimum atomic E-state index is -0.434. The number of halogens is 1. The average Bonchev–Trinajstić information content (AvgIpc) is 2.61. The third-order valence-corrected chi connectivity index (χ3v) is 4.21. The van der Waals surface area contributed by atoms with Crippen LogP contribution in [0.2, 0.25) is 5.02 Å². The number of nitrogens with zero attached hydrogens (tertiary/aromatic N) is 4. The molecule has 1 aromatic rings. The molecule has 0 spiro atoms. The van der Waals surface area contributed by atoms with Gasteiger partial charge in [0.05, 0.1) is 16.7 Å². The van der Waals surface area contributed by atoms with E-state index in [1.54, 1.807) is 18.2 Å². The number of amides is 1. The number of rotatable bonds is 3. The molecule has 9 heteroatoms. The van der Waals surface area contributed by atoms with E-state index in [-0.39, 0.29) is 18.0 Å². The van der Waals surface area contributed by atoms with Crippen LogP contribution in [0.25, 0.3) is 0 Å². The molecule has 1 saturated carbocycles. The molecule has 1 amide bonds. The van der Waals surface area contributed by atoms with Gasteiger partial charge in [-0.25, -0.2) is 0 Å². The van der Waals surface area contributed by atoms with Crippen molar-refractivity contribution in [3.63, 3.8) is 0 Å². The highest BCUT2D eigenvalue weighted by atomic mass is 35.5. The first kappa shape index (κ1) is 18.7. The fourth-order valence-corrected chi connectivity index (χ4v) is 2.86. The van der Waals surface area contributed by atoms with Crippen molar-refractivity contribution in [1.29, 1.82) is 5.26 Å². The van der Waals surface area contributed by atoms with Gasteiger partial charge in [0.1, 0.15) is 11.8 Å². The molecule has 0 radical (unpaired) electrons.